The summed E-state index contributed by atoms with van der Waals surface area (Å²) in [4.78, 5) is 36.6. The Labute approximate surface area is 225 Å². The average molecular weight is 556 g/mol. The average Bonchev–Trinajstić information content (AvgIpc) is 3.37. The molecule has 8 nitrogen and oxygen atoms in total. The lowest BCUT2D eigenvalue weighted by atomic mass is 9.86. The van der Waals surface area contributed by atoms with Gasteiger partial charge in [0.1, 0.15) is 11.5 Å². The van der Waals surface area contributed by atoms with Crippen molar-refractivity contribution in [3.05, 3.63) is 28.5 Å². The van der Waals surface area contributed by atoms with Crippen LogP contribution in [-0.2, 0) is 6.18 Å². The van der Waals surface area contributed by atoms with Crippen LogP contribution in [0.5, 0.6) is 0 Å². The van der Waals surface area contributed by atoms with E-state index in [1.165, 1.54) is 13.8 Å². The number of carbonyl (C=O) groups is 2. The molecular formula is C26H36F3N5O3S. The normalized spacial score (nSPS) is 17.1. The van der Waals surface area contributed by atoms with Crippen LogP contribution in [0.3, 0.4) is 0 Å². The maximum atomic E-state index is 14.3. The molecule has 2 aromatic rings. The van der Waals surface area contributed by atoms with Gasteiger partial charge in [-0.15, -0.1) is 11.3 Å². The van der Waals surface area contributed by atoms with Crippen LogP contribution in [0.25, 0.3) is 10.4 Å². The third kappa shape index (κ3) is 6.45. The molecule has 210 valence electrons. The molecule has 2 amide bonds. The fourth-order valence-corrected chi connectivity index (χ4v) is 4.91. The fraction of sp³-hybridized carbons (Fsp3) is 0.615. The van der Waals surface area contributed by atoms with Crippen LogP contribution in [-0.4, -0.2) is 61.1 Å². The van der Waals surface area contributed by atoms with Crippen LogP contribution >= 0.6 is 11.3 Å². The molecule has 1 atom stereocenters. The summed E-state index contributed by atoms with van der Waals surface area (Å²) in [6, 6.07) is 0.798. The van der Waals surface area contributed by atoms with E-state index in [0.29, 0.717) is 17.9 Å². The summed E-state index contributed by atoms with van der Waals surface area (Å²) in [5.74, 6) is -1.21. The highest BCUT2D eigenvalue weighted by Gasteiger charge is 2.40. The minimum Gasteiger partial charge on any atom is -0.388 e. The molecule has 38 heavy (non-hydrogen) atoms. The molecule has 0 aromatic carbocycles. The molecule has 0 spiro atoms. The first-order valence-corrected chi connectivity index (χ1v) is 13.3. The van der Waals surface area contributed by atoms with Crippen molar-refractivity contribution in [2.75, 3.05) is 11.9 Å². The van der Waals surface area contributed by atoms with Crippen LogP contribution < -0.4 is 10.6 Å². The second-order valence-electron chi connectivity index (χ2n) is 11.8. The Bertz CT molecular complexity index is 1210. The fourth-order valence-electron chi connectivity index (χ4n) is 3.93. The van der Waals surface area contributed by atoms with Crippen molar-refractivity contribution in [1.29, 1.82) is 0 Å². The van der Waals surface area contributed by atoms with E-state index in [9.17, 15) is 27.9 Å². The van der Waals surface area contributed by atoms with Gasteiger partial charge in [0.15, 0.2) is 5.01 Å². The lowest BCUT2D eigenvalue weighted by Gasteiger charge is -2.37. The van der Waals surface area contributed by atoms with Gasteiger partial charge < -0.3 is 20.6 Å². The van der Waals surface area contributed by atoms with Gasteiger partial charge in [-0.3, -0.25) is 9.59 Å². The zero-order valence-corrected chi connectivity index (χ0v) is 23.8. The summed E-state index contributed by atoms with van der Waals surface area (Å²) in [5.41, 5.74) is -4.48. The molecule has 1 aliphatic heterocycles. The minimum atomic E-state index is -4.76. The number of carbonyl (C=O) groups excluding carboxylic acids is 2. The molecule has 1 aliphatic rings. The molecule has 3 N–H and O–H groups in total. The molecule has 1 saturated heterocycles. The van der Waals surface area contributed by atoms with Crippen LogP contribution in [0.15, 0.2) is 12.3 Å². The predicted octanol–water partition coefficient (Wildman–Crippen LogP) is 5.34. The lowest BCUT2D eigenvalue weighted by Crippen LogP contribution is -2.57. The highest BCUT2D eigenvalue weighted by Crippen LogP contribution is 2.42. The van der Waals surface area contributed by atoms with Gasteiger partial charge in [-0.1, -0.05) is 0 Å². The van der Waals surface area contributed by atoms with Crippen molar-refractivity contribution in [2.45, 2.75) is 97.1 Å². The van der Waals surface area contributed by atoms with Gasteiger partial charge in [0.2, 0.25) is 0 Å². The number of anilines is 1. The number of alkyl halides is 3. The van der Waals surface area contributed by atoms with Gasteiger partial charge in [-0.25, -0.2) is 9.97 Å². The molecule has 0 bridgehead atoms. The Morgan fingerprint density at radius 2 is 1.76 bits per heavy atom. The predicted molar refractivity (Wildman–Crippen MR) is 141 cm³/mol. The number of aliphatic hydroxyl groups is 1. The first-order valence-electron chi connectivity index (χ1n) is 12.4. The van der Waals surface area contributed by atoms with E-state index in [2.05, 4.69) is 20.6 Å². The second kappa shape index (κ2) is 10.1. The van der Waals surface area contributed by atoms with E-state index in [0.717, 1.165) is 25.1 Å². The Morgan fingerprint density at radius 3 is 2.26 bits per heavy atom. The number of hydrogen-bond donors (Lipinski definition) is 3. The van der Waals surface area contributed by atoms with Crippen molar-refractivity contribution in [2.24, 2.45) is 0 Å². The first kappa shape index (κ1) is 29.8. The summed E-state index contributed by atoms with van der Waals surface area (Å²) < 4.78 is 42.9. The third-order valence-electron chi connectivity index (χ3n) is 6.75. The molecule has 1 fully saturated rings. The quantitative estimate of drug-likeness (QED) is 0.444. The number of pyridine rings is 1. The summed E-state index contributed by atoms with van der Waals surface area (Å²) in [5, 5.41) is 15.9. The third-order valence-corrected chi connectivity index (χ3v) is 7.84. The smallest absolute Gasteiger partial charge is 0.388 e. The Hall–Kier alpha value is -2.73. The first-order chi connectivity index (χ1) is 17.2. The Kier molecular flexibility index (Phi) is 7.93. The van der Waals surface area contributed by atoms with Crippen molar-refractivity contribution in [3.8, 4) is 10.4 Å². The highest BCUT2D eigenvalue weighted by molar-refractivity contribution is 7.17. The molecule has 12 heteroatoms. The molecule has 0 aliphatic carbocycles. The van der Waals surface area contributed by atoms with E-state index < -0.39 is 40.2 Å². The van der Waals surface area contributed by atoms with Crippen LogP contribution in [0.2, 0.25) is 0 Å². The second-order valence-corrected chi connectivity index (χ2v) is 12.8. The van der Waals surface area contributed by atoms with Crippen molar-refractivity contribution >= 4 is 29.0 Å². The van der Waals surface area contributed by atoms with Crippen molar-refractivity contribution in [1.82, 2.24) is 20.2 Å². The maximum absolute atomic E-state index is 14.3. The maximum Gasteiger partial charge on any atom is 0.417 e. The minimum absolute atomic E-state index is 0.0315. The Morgan fingerprint density at radius 1 is 1.13 bits per heavy atom. The standard InChI is InChI=1S/C26H36F3N5O3S/c1-14-10-9-11-34(14)22(36)18-19(38-21(31-18)20(35)33-24(5,6)25(7,8)37)15-13-30-17(32-23(2,3)4)12-16(15)26(27,28)29/h12-14,37H,9-11H2,1-8H3,(H,30,32)(H,33,35). The molecular weight excluding hydrogens is 519 g/mol. The summed E-state index contributed by atoms with van der Waals surface area (Å²) in [7, 11) is 0. The van der Waals surface area contributed by atoms with Gasteiger partial charge in [-0.05, 0) is 74.3 Å². The van der Waals surface area contributed by atoms with Crippen LogP contribution in [0.1, 0.15) is 94.1 Å². The van der Waals surface area contributed by atoms with E-state index >= 15 is 0 Å². The van der Waals surface area contributed by atoms with Crippen molar-refractivity contribution < 1.29 is 27.9 Å². The summed E-state index contributed by atoms with van der Waals surface area (Å²) in [6.07, 6.45) is -2.16. The van der Waals surface area contributed by atoms with E-state index in [1.54, 1.807) is 39.5 Å². The molecule has 0 radical (unpaired) electrons. The van der Waals surface area contributed by atoms with Crippen molar-refractivity contribution in [3.63, 3.8) is 0 Å². The monoisotopic (exact) mass is 555 g/mol. The van der Waals surface area contributed by atoms with Gasteiger partial charge in [0.05, 0.1) is 21.6 Å². The molecule has 3 rings (SSSR count). The Balaban J connectivity index is 2.17. The number of thiazole rings is 1. The number of halogens is 3. The number of hydrogen-bond acceptors (Lipinski definition) is 7. The topological polar surface area (TPSA) is 107 Å². The number of rotatable bonds is 6. The number of aromatic nitrogens is 2. The number of amides is 2. The van der Waals surface area contributed by atoms with Gasteiger partial charge in [0, 0.05) is 29.9 Å². The summed E-state index contributed by atoms with van der Waals surface area (Å²) in [6.45, 7) is 14.0. The van der Waals surface area contributed by atoms with Crippen LogP contribution in [0, 0.1) is 0 Å². The number of nitrogens with zero attached hydrogens (tertiary/aromatic N) is 3. The summed E-state index contributed by atoms with van der Waals surface area (Å²) >= 11 is 0.697. The zero-order valence-electron chi connectivity index (χ0n) is 23.0. The highest BCUT2D eigenvalue weighted by atomic mass is 32.1. The van der Waals surface area contributed by atoms with Gasteiger partial charge in [-0.2, -0.15) is 13.2 Å². The number of nitrogens with one attached hydrogen (secondary N) is 2. The van der Waals surface area contributed by atoms with Gasteiger partial charge >= 0.3 is 6.18 Å². The molecule has 1 unspecified atom stereocenters. The zero-order chi connectivity index (χ0) is 28.8. The lowest BCUT2D eigenvalue weighted by molar-refractivity contribution is -0.137. The molecule has 3 heterocycles. The largest absolute Gasteiger partial charge is 0.417 e. The SMILES string of the molecule is CC1CCCN1C(=O)c1nc(C(=O)NC(C)(C)C(C)(C)O)sc1-c1cnc(NC(C)(C)C)cc1C(F)(F)F. The van der Waals surface area contributed by atoms with E-state index in [1.807, 2.05) is 6.92 Å². The van der Waals surface area contributed by atoms with E-state index in [4.69, 9.17) is 0 Å². The van der Waals surface area contributed by atoms with E-state index in [-0.39, 0.29) is 33.0 Å². The van der Waals surface area contributed by atoms with Gasteiger partial charge in [0.25, 0.3) is 11.8 Å². The number of likely N-dealkylation sites (tertiary alicyclic amines) is 1. The molecule has 0 saturated carbocycles. The van der Waals surface area contributed by atoms with Crippen LogP contribution in [0.4, 0.5) is 19.0 Å². The molecule has 2 aromatic heterocycles.